The van der Waals surface area contributed by atoms with Gasteiger partial charge in [0.2, 0.25) is 17.7 Å². The minimum Gasteiger partial charge on any atom is -0.396 e. The highest BCUT2D eigenvalue weighted by Crippen LogP contribution is 2.67. The van der Waals surface area contributed by atoms with Crippen LogP contribution >= 0.6 is 27.7 Å². The number of carbonyl (C=O) groups is 3. The van der Waals surface area contributed by atoms with Gasteiger partial charge in [0.15, 0.2) is 0 Å². The van der Waals surface area contributed by atoms with E-state index in [2.05, 4.69) is 33.5 Å². The normalized spacial score (nSPS) is 32.9. The van der Waals surface area contributed by atoms with E-state index in [9.17, 15) is 14.4 Å². The van der Waals surface area contributed by atoms with Gasteiger partial charge in [0, 0.05) is 36.3 Å². The van der Waals surface area contributed by atoms with Crippen molar-refractivity contribution in [3.63, 3.8) is 0 Å². The van der Waals surface area contributed by atoms with Gasteiger partial charge in [-0.15, -0.1) is 11.8 Å². The zero-order valence-corrected chi connectivity index (χ0v) is 21.7. The highest BCUT2D eigenvalue weighted by Gasteiger charge is 2.75. The molecule has 3 fully saturated rings. The molecular weight excluding hydrogens is 494 g/mol. The van der Waals surface area contributed by atoms with Crippen LogP contribution in [0.5, 0.6) is 0 Å². The zero-order chi connectivity index (χ0) is 23.3. The van der Waals surface area contributed by atoms with Crippen molar-refractivity contribution in [2.75, 3.05) is 26.2 Å². The zero-order valence-electron chi connectivity index (χ0n) is 19.3. The van der Waals surface area contributed by atoms with E-state index in [1.165, 1.54) is 0 Å². The van der Waals surface area contributed by atoms with Crippen LogP contribution in [0.1, 0.15) is 65.2 Å². The molecule has 0 radical (unpaired) electrons. The molecule has 3 saturated heterocycles. The number of hydrogen-bond acceptors (Lipinski definition) is 5. The van der Waals surface area contributed by atoms with Crippen LogP contribution in [0.4, 0.5) is 0 Å². The van der Waals surface area contributed by atoms with Crippen LogP contribution in [0, 0.1) is 11.8 Å². The average molecular weight is 533 g/mol. The molecule has 3 N–H and O–H groups in total. The Labute approximate surface area is 204 Å². The second-order valence-corrected chi connectivity index (χ2v) is 12.0. The predicted octanol–water partition coefficient (Wildman–Crippen LogP) is 2.45. The van der Waals surface area contributed by atoms with Crippen LogP contribution in [-0.2, 0) is 14.4 Å². The van der Waals surface area contributed by atoms with Gasteiger partial charge < -0.3 is 20.6 Å². The quantitative estimate of drug-likeness (QED) is 0.250. The van der Waals surface area contributed by atoms with Crippen LogP contribution in [0.3, 0.4) is 0 Å². The molecule has 3 unspecified atom stereocenters. The second-order valence-electron chi connectivity index (χ2n) is 9.27. The molecule has 0 aromatic heterocycles. The molecule has 0 saturated carbocycles. The summed E-state index contributed by atoms with van der Waals surface area (Å²) < 4.78 is -0.550. The number of likely N-dealkylation sites (tertiary alicyclic amines) is 1. The summed E-state index contributed by atoms with van der Waals surface area (Å²) in [6, 6.07) is -0.534. The van der Waals surface area contributed by atoms with Crippen LogP contribution < -0.4 is 10.6 Å². The fourth-order valence-electron chi connectivity index (χ4n) is 5.57. The van der Waals surface area contributed by atoms with Crippen molar-refractivity contribution in [1.82, 2.24) is 15.5 Å². The lowest BCUT2D eigenvalue weighted by Gasteiger charge is -2.35. The average Bonchev–Trinajstić information content (AvgIpc) is 3.35. The van der Waals surface area contributed by atoms with E-state index in [4.69, 9.17) is 5.11 Å². The number of halogens is 1. The van der Waals surface area contributed by atoms with Crippen molar-refractivity contribution in [1.29, 1.82) is 0 Å². The SMILES string of the molecule is CCCCNC(=O)C1N(CCCCCCO)C(=O)[C@@H]2[C@H](C(=O)NCCC)[C@H]3SC12CC3Br. The van der Waals surface area contributed by atoms with E-state index >= 15 is 0 Å². The van der Waals surface area contributed by atoms with Crippen molar-refractivity contribution in [3.8, 4) is 0 Å². The molecule has 0 aliphatic carbocycles. The van der Waals surface area contributed by atoms with Gasteiger partial charge in [-0.2, -0.15) is 0 Å². The molecule has 3 amide bonds. The van der Waals surface area contributed by atoms with Gasteiger partial charge in [0.25, 0.3) is 0 Å². The summed E-state index contributed by atoms with van der Waals surface area (Å²) >= 11 is 5.47. The predicted molar refractivity (Wildman–Crippen MR) is 131 cm³/mol. The summed E-state index contributed by atoms with van der Waals surface area (Å²) in [7, 11) is 0. The molecule has 3 aliphatic rings. The number of rotatable bonds is 13. The van der Waals surface area contributed by atoms with E-state index in [1.807, 2.05) is 6.92 Å². The molecule has 3 heterocycles. The van der Waals surface area contributed by atoms with Crippen molar-refractivity contribution in [2.45, 2.75) is 86.1 Å². The molecule has 1 spiro atoms. The van der Waals surface area contributed by atoms with Crippen molar-refractivity contribution in [2.24, 2.45) is 11.8 Å². The van der Waals surface area contributed by atoms with E-state index in [1.54, 1.807) is 16.7 Å². The van der Waals surface area contributed by atoms with Gasteiger partial charge in [0.1, 0.15) is 6.04 Å². The van der Waals surface area contributed by atoms with Gasteiger partial charge >= 0.3 is 0 Å². The lowest BCUT2D eigenvalue weighted by Crippen LogP contribution is -2.55. The van der Waals surface area contributed by atoms with Gasteiger partial charge in [-0.1, -0.05) is 49.0 Å². The van der Waals surface area contributed by atoms with Crippen LogP contribution in [-0.4, -0.2) is 74.8 Å². The Morgan fingerprint density at radius 3 is 2.50 bits per heavy atom. The first-order valence-electron chi connectivity index (χ1n) is 12.2. The molecule has 0 aromatic rings. The summed E-state index contributed by atoms with van der Waals surface area (Å²) in [5, 5.41) is 15.1. The first-order valence-corrected chi connectivity index (χ1v) is 14.0. The number of thioether (sulfide) groups is 1. The topological polar surface area (TPSA) is 98.7 Å². The minimum atomic E-state index is -0.550. The molecule has 6 atom stereocenters. The molecule has 9 heteroatoms. The number of nitrogens with one attached hydrogen (secondary N) is 2. The monoisotopic (exact) mass is 531 g/mol. The maximum Gasteiger partial charge on any atom is 0.244 e. The van der Waals surface area contributed by atoms with Crippen molar-refractivity contribution >= 4 is 45.4 Å². The number of alkyl halides is 1. The van der Waals surface area contributed by atoms with E-state index < -0.39 is 22.6 Å². The molecule has 182 valence electrons. The third kappa shape index (κ3) is 4.85. The highest BCUT2D eigenvalue weighted by atomic mass is 79.9. The van der Waals surface area contributed by atoms with Gasteiger partial charge in [-0.3, -0.25) is 14.4 Å². The van der Waals surface area contributed by atoms with Crippen LogP contribution in [0.2, 0.25) is 0 Å². The maximum atomic E-state index is 13.7. The Morgan fingerprint density at radius 2 is 1.81 bits per heavy atom. The Kier molecular flexibility index (Phi) is 9.32. The third-order valence-corrected chi connectivity index (χ3v) is 10.2. The third-order valence-electron chi connectivity index (χ3n) is 7.03. The van der Waals surface area contributed by atoms with E-state index in [0.29, 0.717) is 19.6 Å². The lowest BCUT2D eigenvalue weighted by atomic mass is 9.70. The van der Waals surface area contributed by atoms with E-state index in [0.717, 1.165) is 51.4 Å². The standard InChI is InChI=1S/C23H38BrN3O4S/c1-3-5-11-26-21(30)19-23-14-15(24)18(32-23)16(20(29)25-10-4-2)17(23)22(31)27(19)12-8-6-7-9-13-28/h15-19,28H,3-14H2,1-2H3,(H,25,29)(H,26,30)/t15?,16-,17-,18-,19?,23?/m0/s1. The fourth-order valence-corrected chi connectivity index (χ4v) is 9.18. The first kappa shape index (κ1) is 25.8. The molecule has 32 heavy (non-hydrogen) atoms. The number of carbonyl (C=O) groups excluding carboxylic acids is 3. The summed E-state index contributed by atoms with van der Waals surface area (Å²) in [6.45, 7) is 6.01. The molecule has 3 aliphatic heterocycles. The number of unbranched alkanes of at least 4 members (excludes halogenated alkanes) is 4. The van der Waals surface area contributed by atoms with Crippen LogP contribution in [0.15, 0.2) is 0 Å². The Bertz CT molecular complexity index is 696. The largest absolute Gasteiger partial charge is 0.396 e. The molecular formula is C23H38BrN3O4S. The summed E-state index contributed by atoms with van der Waals surface area (Å²) in [5.74, 6) is -1.00. The number of fused-ring (bicyclic) bond motifs is 1. The number of aliphatic hydroxyl groups excluding tert-OH is 1. The number of hydrogen-bond donors (Lipinski definition) is 3. The Balaban J connectivity index is 1.85. The molecule has 3 rings (SSSR count). The summed E-state index contributed by atoms with van der Waals surface area (Å²) in [4.78, 5) is 42.2. The molecule has 2 bridgehead atoms. The number of aliphatic hydroxyl groups is 1. The minimum absolute atomic E-state index is 0.0125. The lowest BCUT2D eigenvalue weighted by molar-refractivity contribution is -0.140. The Morgan fingerprint density at radius 1 is 1.09 bits per heavy atom. The first-order chi connectivity index (χ1) is 15.4. The second kappa shape index (κ2) is 11.6. The Hall–Kier alpha value is -0.800. The van der Waals surface area contributed by atoms with Crippen molar-refractivity contribution in [3.05, 3.63) is 0 Å². The molecule has 7 nitrogen and oxygen atoms in total. The van der Waals surface area contributed by atoms with E-state index in [-0.39, 0.29) is 34.4 Å². The summed E-state index contributed by atoms with van der Waals surface area (Å²) in [6.07, 6.45) is 6.83. The highest BCUT2D eigenvalue weighted by molar-refractivity contribution is 9.09. The van der Waals surface area contributed by atoms with Gasteiger partial charge in [-0.05, 0) is 32.1 Å². The number of amides is 3. The fraction of sp³-hybridized carbons (Fsp3) is 0.870. The van der Waals surface area contributed by atoms with Crippen molar-refractivity contribution < 1.29 is 19.5 Å². The number of nitrogens with zero attached hydrogens (tertiary/aromatic N) is 1. The van der Waals surface area contributed by atoms with Crippen LogP contribution in [0.25, 0.3) is 0 Å². The summed E-state index contributed by atoms with van der Waals surface area (Å²) in [5.41, 5.74) is 0. The smallest absolute Gasteiger partial charge is 0.244 e. The maximum absolute atomic E-state index is 13.7. The molecule has 0 aromatic carbocycles. The van der Waals surface area contributed by atoms with Gasteiger partial charge in [0.05, 0.1) is 16.6 Å². The van der Waals surface area contributed by atoms with Gasteiger partial charge in [-0.25, -0.2) is 0 Å².